The first-order valence-corrected chi connectivity index (χ1v) is 9.07. The van der Waals surface area contributed by atoms with Crippen molar-refractivity contribution in [2.45, 2.75) is 34.6 Å². The van der Waals surface area contributed by atoms with E-state index in [1.54, 1.807) is 12.1 Å². The molecule has 0 atom stereocenters. The van der Waals surface area contributed by atoms with Gasteiger partial charge in [-0.3, -0.25) is 20.3 Å². The summed E-state index contributed by atoms with van der Waals surface area (Å²) in [5, 5.41) is 17.8. The fourth-order valence-electron chi connectivity index (χ4n) is 2.49. The lowest BCUT2D eigenvalue weighted by molar-refractivity contribution is -0.385. The number of amides is 1. The normalized spacial score (nSPS) is 11.7. The molecule has 0 aromatic heterocycles. The zero-order valence-corrected chi connectivity index (χ0v) is 17.2. The summed E-state index contributed by atoms with van der Waals surface area (Å²) >= 11 is 0. The first kappa shape index (κ1) is 21.9. The van der Waals surface area contributed by atoms with E-state index >= 15 is 0 Å². The van der Waals surface area contributed by atoms with Crippen LogP contribution in [0.15, 0.2) is 47.6 Å². The summed E-state index contributed by atoms with van der Waals surface area (Å²) in [7, 11) is 0. The van der Waals surface area contributed by atoms with E-state index in [1.807, 2.05) is 52.8 Å². The zero-order chi connectivity index (χ0) is 21.6. The molecule has 0 saturated heterocycles. The molecule has 2 aromatic rings. The number of para-hydroxylation sites is 3. The number of oxime groups is 1. The Kier molecular flexibility index (Phi) is 6.93. The molecule has 1 N–H and O–H groups in total. The minimum absolute atomic E-state index is 0.0645. The molecule has 0 saturated carbocycles. The lowest BCUT2D eigenvalue weighted by Crippen LogP contribution is -2.28. The van der Waals surface area contributed by atoms with Crippen molar-refractivity contribution < 1.29 is 19.3 Å². The van der Waals surface area contributed by atoms with Crippen LogP contribution in [0.25, 0.3) is 0 Å². The van der Waals surface area contributed by atoms with Crippen LogP contribution in [0.3, 0.4) is 0 Å². The molecule has 0 heterocycles. The summed E-state index contributed by atoms with van der Waals surface area (Å²) in [6.45, 7) is 9.33. The average molecular weight is 399 g/mol. The fraction of sp³-hybridized carbons (Fsp3) is 0.333. The number of nitro groups is 1. The SMILES string of the molecule is Cc1cccc(C)c1NC(=O)O/N=C(\COc1ccccc1[N+](=O)[O-])C(C)(C)C. The quantitative estimate of drug-likeness (QED) is 0.310. The third kappa shape index (κ3) is 6.03. The van der Waals surface area contributed by atoms with E-state index in [2.05, 4.69) is 10.5 Å². The Morgan fingerprint density at radius 2 is 1.72 bits per heavy atom. The summed E-state index contributed by atoms with van der Waals surface area (Å²) in [5.41, 5.74) is 2.27. The third-order valence-electron chi connectivity index (χ3n) is 4.24. The van der Waals surface area contributed by atoms with Crippen molar-refractivity contribution in [3.8, 4) is 5.75 Å². The maximum absolute atomic E-state index is 12.2. The molecule has 0 aliphatic carbocycles. The second-order valence-corrected chi connectivity index (χ2v) is 7.57. The van der Waals surface area contributed by atoms with Gasteiger partial charge >= 0.3 is 11.8 Å². The molecule has 0 spiro atoms. The number of nitrogens with zero attached hydrogens (tertiary/aromatic N) is 2. The van der Waals surface area contributed by atoms with Crippen LogP contribution >= 0.6 is 0 Å². The first-order chi connectivity index (χ1) is 13.6. The van der Waals surface area contributed by atoms with Crippen molar-refractivity contribution in [1.82, 2.24) is 0 Å². The van der Waals surface area contributed by atoms with E-state index in [0.717, 1.165) is 11.1 Å². The maximum atomic E-state index is 12.2. The second-order valence-electron chi connectivity index (χ2n) is 7.57. The molecular weight excluding hydrogens is 374 g/mol. The molecule has 0 aliphatic heterocycles. The molecule has 29 heavy (non-hydrogen) atoms. The highest BCUT2D eigenvalue weighted by Gasteiger charge is 2.23. The molecule has 2 aromatic carbocycles. The molecule has 0 unspecified atom stereocenters. The van der Waals surface area contributed by atoms with Crippen LogP contribution in [0.4, 0.5) is 16.2 Å². The van der Waals surface area contributed by atoms with Crippen LogP contribution in [0, 0.1) is 29.4 Å². The highest BCUT2D eigenvalue weighted by atomic mass is 16.7. The summed E-state index contributed by atoms with van der Waals surface area (Å²) < 4.78 is 5.59. The van der Waals surface area contributed by atoms with Crippen LogP contribution in [0.2, 0.25) is 0 Å². The molecule has 154 valence electrons. The molecule has 0 bridgehead atoms. The fourth-order valence-corrected chi connectivity index (χ4v) is 2.49. The Balaban J connectivity index is 2.11. The van der Waals surface area contributed by atoms with Crippen molar-refractivity contribution in [2.24, 2.45) is 10.6 Å². The predicted octanol–water partition coefficient (Wildman–Crippen LogP) is 5.24. The van der Waals surface area contributed by atoms with Gasteiger partial charge in [-0.15, -0.1) is 0 Å². The van der Waals surface area contributed by atoms with Crippen LogP contribution in [-0.4, -0.2) is 23.3 Å². The van der Waals surface area contributed by atoms with E-state index in [1.165, 1.54) is 12.1 Å². The van der Waals surface area contributed by atoms with Gasteiger partial charge in [0.15, 0.2) is 5.75 Å². The van der Waals surface area contributed by atoms with Gasteiger partial charge in [-0.05, 0) is 31.0 Å². The van der Waals surface area contributed by atoms with Crippen LogP contribution in [-0.2, 0) is 4.84 Å². The number of benzene rings is 2. The van der Waals surface area contributed by atoms with Crippen LogP contribution < -0.4 is 10.1 Å². The van der Waals surface area contributed by atoms with E-state index in [0.29, 0.717) is 11.4 Å². The Morgan fingerprint density at radius 3 is 2.31 bits per heavy atom. The number of rotatable bonds is 6. The van der Waals surface area contributed by atoms with Gasteiger partial charge in [-0.1, -0.05) is 56.3 Å². The van der Waals surface area contributed by atoms with E-state index < -0.39 is 16.4 Å². The minimum atomic E-state index is -0.727. The van der Waals surface area contributed by atoms with Crippen LogP contribution in [0.5, 0.6) is 5.75 Å². The number of hydrogen-bond acceptors (Lipinski definition) is 6. The van der Waals surface area contributed by atoms with Gasteiger partial charge in [0.05, 0.1) is 4.92 Å². The lowest BCUT2D eigenvalue weighted by atomic mass is 9.90. The van der Waals surface area contributed by atoms with Crippen LogP contribution in [0.1, 0.15) is 31.9 Å². The molecule has 1 amide bonds. The number of ether oxygens (including phenoxy) is 1. The third-order valence-corrected chi connectivity index (χ3v) is 4.24. The van der Waals surface area contributed by atoms with Gasteiger partial charge in [0.25, 0.3) is 0 Å². The molecule has 0 aliphatic rings. The van der Waals surface area contributed by atoms with Gasteiger partial charge in [0.2, 0.25) is 0 Å². The Labute approximate surface area is 169 Å². The smallest absolute Gasteiger partial charge is 0.437 e. The monoisotopic (exact) mass is 399 g/mol. The Morgan fingerprint density at radius 1 is 1.10 bits per heavy atom. The van der Waals surface area contributed by atoms with Crippen molar-refractivity contribution in [3.05, 3.63) is 63.7 Å². The summed E-state index contributed by atoms with van der Waals surface area (Å²) in [6, 6.07) is 11.7. The second kappa shape index (κ2) is 9.18. The lowest BCUT2D eigenvalue weighted by Gasteiger charge is -2.20. The number of nitrogens with one attached hydrogen (secondary N) is 1. The van der Waals surface area contributed by atoms with E-state index in [9.17, 15) is 14.9 Å². The van der Waals surface area contributed by atoms with E-state index in [-0.39, 0.29) is 18.0 Å². The molecule has 8 heteroatoms. The average Bonchev–Trinajstić information content (AvgIpc) is 2.64. The molecule has 0 fully saturated rings. The summed E-state index contributed by atoms with van der Waals surface area (Å²) in [5.74, 6) is 0.120. The molecule has 8 nitrogen and oxygen atoms in total. The summed E-state index contributed by atoms with van der Waals surface area (Å²) in [6.07, 6.45) is -0.727. The largest absolute Gasteiger partial charge is 0.480 e. The number of anilines is 1. The van der Waals surface area contributed by atoms with Crippen molar-refractivity contribution in [1.29, 1.82) is 0 Å². The number of carbonyl (C=O) groups excluding carboxylic acids is 1. The molecule has 2 rings (SSSR count). The summed E-state index contributed by atoms with van der Waals surface area (Å²) in [4.78, 5) is 27.8. The number of nitro benzene ring substituents is 1. The van der Waals surface area contributed by atoms with Crippen molar-refractivity contribution in [3.63, 3.8) is 0 Å². The Hall–Kier alpha value is -3.42. The van der Waals surface area contributed by atoms with Gasteiger partial charge in [0.1, 0.15) is 12.3 Å². The minimum Gasteiger partial charge on any atom is -0.480 e. The molecular formula is C21H25N3O5. The first-order valence-electron chi connectivity index (χ1n) is 9.07. The van der Waals surface area contributed by atoms with E-state index in [4.69, 9.17) is 9.57 Å². The highest BCUT2D eigenvalue weighted by Crippen LogP contribution is 2.27. The number of aryl methyl sites for hydroxylation is 2. The maximum Gasteiger partial charge on any atom is 0.437 e. The highest BCUT2D eigenvalue weighted by molar-refractivity contribution is 5.92. The number of carbonyl (C=O) groups is 1. The van der Waals surface area contributed by atoms with Gasteiger partial charge in [-0.2, -0.15) is 0 Å². The molecule has 0 radical (unpaired) electrons. The van der Waals surface area contributed by atoms with Gasteiger partial charge in [-0.25, -0.2) is 4.79 Å². The number of hydrogen-bond donors (Lipinski definition) is 1. The predicted molar refractivity (Wildman–Crippen MR) is 112 cm³/mol. The zero-order valence-electron chi connectivity index (χ0n) is 17.2. The standard InChI is InChI=1S/C21H25N3O5/c1-14-9-8-10-15(2)19(14)22-20(25)29-23-18(21(3,4)5)13-28-17-12-7-6-11-16(17)24(26)27/h6-12H,13H2,1-5H3,(H,22,25)/b23-18+. The van der Waals surface area contributed by atoms with Crippen molar-refractivity contribution >= 4 is 23.2 Å². The topological polar surface area (TPSA) is 103 Å². The van der Waals surface area contributed by atoms with Gasteiger partial charge in [0, 0.05) is 17.2 Å². The van der Waals surface area contributed by atoms with Gasteiger partial charge < -0.3 is 4.74 Å². The Bertz CT molecular complexity index is 912. The van der Waals surface area contributed by atoms with Crippen molar-refractivity contribution in [2.75, 3.05) is 11.9 Å².